The Bertz CT molecular complexity index is 1120. The summed E-state index contributed by atoms with van der Waals surface area (Å²) in [7, 11) is -3.99. The monoisotopic (exact) mass is 476 g/mol. The zero-order valence-corrected chi connectivity index (χ0v) is 19.5. The highest BCUT2D eigenvalue weighted by Crippen LogP contribution is 2.17. The zero-order valence-electron chi connectivity index (χ0n) is 18.7. The third kappa shape index (κ3) is 7.65. The maximum Gasteiger partial charge on any atom is 0.270 e. The lowest BCUT2D eigenvalue weighted by Crippen LogP contribution is -2.48. The van der Waals surface area contributed by atoms with Crippen molar-refractivity contribution in [2.24, 2.45) is 5.92 Å². The Morgan fingerprint density at radius 1 is 1.06 bits per heavy atom. The lowest BCUT2D eigenvalue weighted by Gasteiger charge is -2.21. The maximum absolute atomic E-state index is 12.7. The first-order valence-corrected chi connectivity index (χ1v) is 11.9. The van der Waals surface area contributed by atoms with E-state index in [0.29, 0.717) is 12.0 Å². The van der Waals surface area contributed by atoms with E-state index in [2.05, 4.69) is 15.4 Å². The Balaban J connectivity index is 1.95. The summed E-state index contributed by atoms with van der Waals surface area (Å²) >= 11 is 0. The van der Waals surface area contributed by atoms with Gasteiger partial charge in [-0.25, -0.2) is 13.1 Å². The average Bonchev–Trinajstić information content (AvgIpc) is 2.76. The molecule has 1 unspecified atom stereocenters. The van der Waals surface area contributed by atoms with Crippen molar-refractivity contribution in [3.05, 3.63) is 69.8 Å². The molecule has 0 bridgehead atoms. The zero-order chi connectivity index (χ0) is 24.6. The van der Waals surface area contributed by atoms with Gasteiger partial charge in [0.2, 0.25) is 15.9 Å². The van der Waals surface area contributed by atoms with Gasteiger partial charge in [0.25, 0.3) is 11.6 Å². The molecule has 33 heavy (non-hydrogen) atoms. The molecule has 2 amide bonds. The van der Waals surface area contributed by atoms with Crippen molar-refractivity contribution in [2.75, 3.05) is 13.1 Å². The first-order chi connectivity index (χ1) is 15.5. The van der Waals surface area contributed by atoms with E-state index in [1.807, 2.05) is 19.9 Å². The first-order valence-electron chi connectivity index (χ1n) is 10.4. The van der Waals surface area contributed by atoms with Crippen molar-refractivity contribution in [3.63, 3.8) is 0 Å². The summed E-state index contributed by atoms with van der Waals surface area (Å²) in [5.74, 6) is -0.661. The van der Waals surface area contributed by atoms with E-state index in [0.717, 1.165) is 11.6 Å². The van der Waals surface area contributed by atoms with Gasteiger partial charge >= 0.3 is 0 Å². The Hall–Kier alpha value is -3.31. The number of nitro benzene ring substituents is 1. The fourth-order valence-corrected chi connectivity index (χ4v) is 4.18. The fourth-order valence-electron chi connectivity index (χ4n) is 3.11. The molecule has 0 aliphatic carbocycles. The predicted molar refractivity (Wildman–Crippen MR) is 123 cm³/mol. The molecule has 0 radical (unpaired) electrons. The van der Waals surface area contributed by atoms with Crippen LogP contribution >= 0.6 is 0 Å². The molecule has 0 spiro atoms. The van der Waals surface area contributed by atoms with Crippen LogP contribution in [0.25, 0.3) is 0 Å². The van der Waals surface area contributed by atoms with E-state index in [9.17, 15) is 28.1 Å². The van der Waals surface area contributed by atoms with Gasteiger partial charge in [-0.05, 0) is 37.0 Å². The molecule has 0 saturated carbocycles. The molecule has 0 heterocycles. The Kier molecular flexibility index (Phi) is 9.06. The normalized spacial score (nSPS) is 12.2. The maximum atomic E-state index is 12.7. The van der Waals surface area contributed by atoms with E-state index in [4.69, 9.17) is 0 Å². The molecule has 178 valence electrons. The van der Waals surface area contributed by atoms with Crippen molar-refractivity contribution in [3.8, 4) is 0 Å². The molecule has 11 heteroatoms. The van der Waals surface area contributed by atoms with E-state index in [-0.39, 0.29) is 35.5 Å². The van der Waals surface area contributed by atoms with Crippen LogP contribution in [0.1, 0.15) is 36.2 Å². The number of nitrogens with zero attached hydrogens (tertiary/aromatic N) is 1. The van der Waals surface area contributed by atoms with E-state index in [1.54, 1.807) is 25.1 Å². The van der Waals surface area contributed by atoms with Crippen molar-refractivity contribution >= 4 is 27.5 Å². The summed E-state index contributed by atoms with van der Waals surface area (Å²) in [5, 5.41) is 16.2. The van der Waals surface area contributed by atoms with Crippen LogP contribution in [0, 0.1) is 23.0 Å². The average molecular weight is 477 g/mol. The number of nitro groups is 1. The summed E-state index contributed by atoms with van der Waals surface area (Å²) in [6.07, 6.45) is 0.406. The highest BCUT2D eigenvalue weighted by Gasteiger charge is 2.23. The third-order valence-corrected chi connectivity index (χ3v) is 6.23. The molecule has 0 aliphatic rings. The molecule has 3 N–H and O–H groups in total. The van der Waals surface area contributed by atoms with Gasteiger partial charge in [-0.1, -0.05) is 38.1 Å². The van der Waals surface area contributed by atoms with Crippen LogP contribution in [0.2, 0.25) is 0 Å². The molecule has 0 saturated heterocycles. The number of hydrogen-bond acceptors (Lipinski definition) is 6. The fraction of sp³-hybridized carbons (Fsp3) is 0.364. The number of rotatable bonds is 11. The molecule has 2 aromatic carbocycles. The molecular weight excluding hydrogens is 448 g/mol. The van der Waals surface area contributed by atoms with Crippen molar-refractivity contribution in [1.29, 1.82) is 0 Å². The predicted octanol–water partition coefficient (Wildman–Crippen LogP) is 2.14. The smallest absolute Gasteiger partial charge is 0.270 e. The standard InChI is InChI=1S/C22H28N4O6S/c1-15(2)13-20(25-21(27)19-10-5-4-7-16(19)3)22(28)23-11-12-24-33(31,32)18-9-6-8-17(14-18)26(29)30/h4-10,14-15,20,24H,11-13H2,1-3H3,(H,23,28)(H,25,27). The van der Waals surface area contributed by atoms with E-state index in [1.165, 1.54) is 18.2 Å². The second-order valence-electron chi connectivity index (χ2n) is 7.91. The number of carbonyl (C=O) groups excluding carboxylic acids is 2. The summed E-state index contributed by atoms with van der Waals surface area (Å²) in [5.41, 5.74) is 0.921. The summed E-state index contributed by atoms with van der Waals surface area (Å²) < 4.78 is 27.0. The highest BCUT2D eigenvalue weighted by atomic mass is 32.2. The molecular formula is C22H28N4O6S. The first kappa shape index (κ1) is 25.9. The van der Waals surface area contributed by atoms with E-state index < -0.39 is 26.9 Å². The Morgan fingerprint density at radius 2 is 1.76 bits per heavy atom. The highest BCUT2D eigenvalue weighted by molar-refractivity contribution is 7.89. The van der Waals surface area contributed by atoms with Crippen LogP contribution in [0.5, 0.6) is 0 Å². The van der Waals surface area contributed by atoms with Crippen molar-refractivity contribution in [2.45, 2.75) is 38.1 Å². The van der Waals surface area contributed by atoms with Gasteiger partial charge < -0.3 is 10.6 Å². The number of carbonyl (C=O) groups is 2. The SMILES string of the molecule is Cc1ccccc1C(=O)NC(CC(C)C)C(=O)NCCNS(=O)(=O)c1cccc([N+](=O)[O-])c1. The number of non-ortho nitro benzene ring substituents is 1. The molecule has 1 atom stereocenters. The number of aryl methyl sites for hydroxylation is 1. The van der Waals surface area contributed by atoms with Crippen LogP contribution in [0.15, 0.2) is 53.4 Å². The van der Waals surface area contributed by atoms with Gasteiger partial charge in [0.05, 0.1) is 9.82 Å². The minimum absolute atomic E-state index is 0.0260. The molecule has 10 nitrogen and oxygen atoms in total. The number of nitrogens with one attached hydrogen (secondary N) is 3. The lowest BCUT2D eigenvalue weighted by molar-refractivity contribution is -0.385. The summed E-state index contributed by atoms with van der Waals surface area (Å²) in [4.78, 5) is 35.2. The molecule has 2 rings (SSSR count). The largest absolute Gasteiger partial charge is 0.353 e. The van der Waals surface area contributed by atoms with Crippen LogP contribution in [0.3, 0.4) is 0 Å². The Labute approximate surface area is 193 Å². The number of amides is 2. The third-order valence-electron chi connectivity index (χ3n) is 4.77. The van der Waals surface area contributed by atoms with E-state index >= 15 is 0 Å². The summed E-state index contributed by atoms with van der Waals surface area (Å²) in [6, 6.07) is 10.9. The minimum Gasteiger partial charge on any atom is -0.353 e. The van der Waals surface area contributed by atoms with Crippen LogP contribution < -0.4 is 15.4 Å². The number of sulfonamides is 1. The van der Waals surface area contributed by atoms with Crippen molar-refractivity contribution < 1.29 is 22.9 Å². The van der Waals surface area contributed by atoms with Gasteiger partial charge in [-0.3, -0.25) is 19.7 Å². The quantitative estimate of drug-likeness (QED) is 0.257. The topological polar surface area (TPSA) is 148 Å². The van der Waals surface area contributed by atoms with Gasteiger partial charge in [0.1, 0.15) is 6.04 Å². The van der Waals surface area contributed by atoms with Crippen LogP contribution in [-0.4, -0.2) is 44.3 Å². The van der Waals surface area contributed by atoms with Gasteiger partial charge in [-0.15, -0.1) is 0 Å². The molecule has 0 aliphatic heterocycles. The van der Waals surface area contributed by atoms with Crippen molar-refractivity contribution in [1.82, 2.24) is 15.4 Å². The second kappa shape index (κ2) is 11.5. The van der Waals surface area contributed by atoms with Gasteiger partial charge in [0, 0.05) is 30.8 Å². The number of benzene rings is 2. The van der Waals surface area contributed by atoms with Gasteiger partial charge in [-0.2, -0.15) is 0 Å². The molecule has 0 fully saturated rings. The minimum atomic E-state index is -3.99. The second-order valence-corrected chi connectivity index (χ2v) is 9.68. The number of hydrogen-bond donors (Lipinski definition) is 3. The summed E-state index contributed by atoms with van der Waals surface area (Å²) in [6.45, 7) is 5.50. The molecule has 2 aromatic rings. The van der Waals surface area contributed by atoms with Crippen LogP contribution in [0.4, 0.5) is 5.69 Å². The lowest BCUT2D eigenvalue weighted by atomic mass is 10.0. The molecule has 0 aromatic heterocycles. The Morgan fingerprint density at radius 3 is 2.39 bits per heavy atom. The van der Waals surface area contributed by atoms with Crippen LogP contribution in [-0.2, 0) is 14.8 Å². The van der Waals surface area contributed by atoms with Gasteiger partial charge in [0.15, 0.2) is 0 Å².